The van der Waals surface area contributed by atoms with E-state index in [0.29, 0.717) is 12.1 Å². The number of hydrogen-bond acceptors (Lipinski definition) is 1. The Morgan fingerprint density at radius 2 is 1.88 bits per heavy atom. The molecule has 0 amide bonds. The summed E-state index contributed by atoms with van der Waals surface area (Å²) < 4.78 is 18.4. The summed E-state index contributed by atoms with van der Waals surface area (Å²) in [5.41, 5.74) is 6.22. The molecule has 0 aliphatic rings. The number of aromatic nitrogens is 2. The molecule has 122 valence electrons. The lowest BCUT2D eigenvalue weighted by Crippen LogP contribution is -2.35. The lowest BCUT2D eigenvalue weighted by Gasteiger charge is -2.11. The Kier molecular flexibility index (Phi) is 3.27. The van der Waals surface area contributed by atoms with E-state index in [-0.39, 0.29) is 0 Å². The zero-order chi connectivity index (χ0) is 19.1. The van der Waals surface area contributed by atoms with Gasteiger partial charge >= 0.3 is 0 Å². The van der Waals surface area contributed by atoms with E-state index >= 15 is 0 Å². The van der Waals surface area contributed by atoms with Gasteiger partial charge in [-0.25, -0.2) is 0 Å². The Bertz CT molecular complexity index is 1170. The van der Waals surface area contributed by atoms with Crippen LogP contribution in [-0.2, 0) is 7.05 Å². The van der Waals surface area contributed by atoms with Crippen LogP contribution in [0.4, 0.5) is 0 Å². The predicted octanol–water partition coefficient (Wildman–Crippen LogP) is 5.01. The number of aryl methyl sites for hydroxylation is 1. The second-order valence-electron chi connectivity index (χ2n) is 6.38. The maximum Gasteiger partial charge on any atom is 0.220 e. The first-order chi connectivity index (χ1) is 13.0. The highest BCUT2D eigenvalue weighted by Gasteiger charge is 2.19. The first-order valence-corrected chi connectivity index (χ1v) is 8.37. The minimum Gasteiger partial charge on any atom is -0.264 e. The minimum atomic E-state index is 0.363. The highest BCUT2D eigenvalue weighted by molar-refractivity contribution is 5.96. The first-order valence-electron chi connectivity index (χ1n) is 9.37. The van der Waals surface area contributed by atoms with Gasteiger partial charge in [0.1, 0.15) is 7.05 Å². The fourth-order valence-electron chi connectivity index (χ4n) is 3.32. The van der Waals surface area contributed by atoms with Crippen LogP contribution in [0.3, 0.4) is 0 Å². The van der Waals surface area contributed by atoms with Crippen LogP contribution >= 0.6 is 0 Å². The molecule has 4 aromatic rings. The van der Waals surface area contributed by atoms with Gasteiger partial charge in [-0.1, -0.05) is 30.3 Å². The standard InChI is InChI=1S/C23H21N2/c1-16-7-4-5-9-21(16)23-22-11-10-18(19-8-6-12-24-15-19)14-20(22)13-17(2)25(23)3/h4-15H,1-3H3/q+1/i5D,7D. The minimum absolute atomic E-state index is 0.363. The van der Waals surface area contributed by atoms with Gasteiger partial charge in [-0.15, -0.1) is 0 Å². The average molecular weight is 327 g/mol. The quantitative estimate of drug-likeness (QED) is 0.473. The summed E-state index contributed by atoms with van der Waals surface area (Å²) in [6.07, 6.45) is 3.65. The van der Waals surface area contributed by atoms with Gasteiger partial charge in [-0.2, -0.15) is 4.57 Å². The topological polar surface area (TPSA) is 16.8 Å². The van der Waals surface area contributed by atoms with Crippen molar-refractivity contribution < 1.29 is 7.31 Å². The zero-order valence-electron chi connectivity index (χ0n) is 16.7. The van der Waals surface area contributed by atoms with Crippen LogP contribution in [0.1, 0.15) is 14.0 Å². The molecule has 0 aliphatic carbocycles. The van der Waals surface area contributed by atoms with E-state index in [0.717, 1.165) is 44.4 Å². The Balaban J connectivity index is 2.03. The highest BCUT2D eigenvalue weighted by atomic mass is 14.9. The van der Waals surface area contributed by atoms with E-state index in [1.807, 2.05) is 32.3 Å². The summed E-state index contributed by atoms with van der Waals surface area (Å²) in [5.74, 6) is 0. The molecule has 0 saturated heterocycles. The first kappa shape index (κ1) is 13.3. The van der Waals surface area contributed by atoms with Gasteiger partial charge in [0.15, 0.2) is 5.69 Å². The molecule has 0 atom stereocenters. The Hall–Kier alpha value is -3.00. The van der Waals surface area contributed by atoms with Crippen molar-refractivity contribution in [2.75, 3.05) is 0 Å². The van der Waals surface area contributed by atoms with Crippen LogP contribution in [0, 0.1) is 13.8 Å². The van der Waals surface area contributed by atoms with Gasteiger partial charge in [-0.05, 0) is 47.7 Å². The molecule has 2 heteroatoms. The van der Waals surface area contributed by atoms with Gasteiger partial charge in [0.25, 0.3) is 0 Å². The monoisotopic (exact) mass is 327 g/mol. The largest absolute Gasteiger partial charge is 0.264 e. The summed E-state index contributed by atoms with van der Waals surface area (Å²) in [7, 11) is 2.04. The van der Waals surface area contributed by atoms with Crippen LogP contribution in [0.5, 0.6) is 0 Å². The summed E-state index contributed by atoms with van der Waals surface area (Å²) in [6, 6.07) is 16.8. The molecule has 0 aliphatic heterocycles. The van der Waals surface area contributed by atoms with Crippen LogP contribution in [0.15, 0.2) is 73.0 Å². The Labute approximate surface area is 151 Å². The molecular formula is C23H21N2+. The second kappa shape index (κ2) is 6.14. The van der Waals surface area contributed by atoms with Gasteiger partial charge in [0, 0.05) is 36.5 Å². The van der Waals surface area contributed by atoms with E-state index in [1.54, 1.807) is 12.3 Å². The maximum absolute atomic E-state index is 8.19. The zero-order valence-corrected chi connectivity index (χ0v) is 14.7. The van der Waals surface area contributed by atoms with Crippen LogP contribution in [0.2, 0.25) is 0 Å². The summed E-state index contributed by atoms with van der Waals surface area (Å²) >= 11 is 0. The molecular weight excluding hydrogens is 304 g/mol. The van der Waals surface area contributed by atoms with Crippen LogP contribution < -0.4 is 4.57 Å². The molecule has 25 heavy (non-hydrogen) atoms. The van der Waals surface area contributed by atoms with Crippen molar-refractivity contribution in [3.8, 4) is 22.4 Å². The fraction of sp³-hybridized carbons (Fsp3) is 0.130. The normalized spacial score (nSPS) is 12.1. The number of pyridine rings is 2. The highest BCUT2D eigenvalue weighted by Crippen LogP contribution is 2.31. The van der Waals surface area contributed by atoms with E-state index < -0.39 is 0 Å². The van der Waals surface area contributed by atoms with Gasteiger partial charge < -0.3 is 0 Å². The van der Waals surface area contributed by atoms with Crippen molar-refractivity contribution in [1.29, 1.82) is 0 Å². The van der Waals surface area contributed by atoms with Gasteiger partial charge in [0.05, 0.1) is 8.13 Å². The average Bonchev–Trinajstić information content (AvgIpc) is 2.66. The molecule has 0 saturated carbocycles. The molecule has 0 radical (unpaired) electrons. The lowest BCUT2D eigenvalue weighted by molar-refractivity contribution is -0.665. The predicted molar refractivity (Wildman–Crippen MR) is 103 cm³/mol. The molecule has 2 aromatic carbocycles. The smallest absolute Gasteiger partial charge is 0.220 e. The fourth-order valence-corrected chi connectivity index (χ4v) is 3.32. The molecule has 4 rings (SSSR count). The van der Waals surface area contributed by atoms with Crippen LogP contribution in [0.25, 0.3) is 33.2 Å². The molecule has 0 fully saturated rings. The molecule has 0 N–H and O–H groups in total. The molecule has 2 heterocycles. The van der Waals surface area contributed by atoms with Crippen molar-refractivity contribution in [2.24, 2.45) is 7.05 Å². The van der Waals surface area contributed by atoms with Crippen molar-refractivity contribution in [3.63, 3.8) is 0 Å². The SMILES string of the molecule is [2H]c1cc([2H])c(C)c(-c2c3ccc(-c4cccnc4)cc3cc(C)[n+]2C)c1. The molecule has 0 unspecified atom stereocenters. The Morgan fingerprint density at radius 3 is 2.68 bits per heavy atom. The summed E-state index contributed by atoms with van der Waals surface area (Å²) in [4.78, 5) is 4.22. The third kappa shape index (κ3) is 2.70. The van der Waals surface area contributed by atoms with Crippen molar-refractivity contribution in [3.05, 3.63) is 84.3 Å². The van der Waals surface area contributed by atoms with Gasteiger partial charge in [-0.3, -0.25) is 4.98 Å². The van der Waals surface area contributed by atoms with Gasteiger partial charge in [0.2, 0.25) is 5.69 Å². The number of hydrogen-bond donors (Lipinski definition) is 0. The maximum atomic E-state index is 8.19. The van der Waals surface area contributed by atoms with Crippen LogP contribution in [-0.4, -0.2) is 4.98 Å². The molecule has 2 aromatic heterocycles. The molecule has 0 bridgehead atoms. The van der Waals surface area contributed by atoms with Crippen molar-refractivity contribution in [2.45, 2.75) is 13.8 Å². The Morgan fingerprint density at radius 1 is 1.00 bits per heavy atom. The molecule has 0 spiro atoms. The summed E-state index contributed by atoms with van der Waals surface area (Å²) in [6.45, 7) is 4.04. The third-order valence-electron chi connectivity index (χ3n) is 4.79. The van der Waals surface area contributed by atoms with E-state index in [2.05, 4.69) is 46.8 Å². The van der Waals surface area contributed by atoms with Crippen molar-refractivity contribution >= 4 is 10.8 Å². The lowest BCUT2D eigenvalue weighted by atomic mass is 9.96. The second-order valence-corrected chi connectivity index (χ2v) is 6.38. The summed E-state index contributed by atoms with van der Waals surface area (Å²) in [5, 5.41) is 2.26. The third-order valence-corrected chi connectivity index (χ3v) is 4.79. The molecule has 2 nitrogen and oxygen atoms in total. The van der Waals surface area contributed by atoms with Crippen molar-refractivity contribution in [1.82, 2.24) is 4.98 Å². The number of nitrogens with zero attached hydrogens (tertiary/aromatic N) is 2. The van der Waals surface area contributed by atoms with E-state index in [1.165, 1.54) is 0 Å². The van der Waals surface area contributed by atoms with E-state index in [9.17, 15) is 0 Å². The van der Waals surface area contributed by atoms with E-state index in [4.69, 9.17) is 2.74 Å². The number of fused-ring (bicyclic) bond motifs is 1. The number of rotatable bonds is 2. The number of benzene rings is 2.